The monoisotopic (exact) mass is 630 g/mol. The molecule has 0 amide bonds. The largest absolute Gasteiger partial charge is 0.404 e. The van der Waals surface area contributed by atoms with Gasteiger partial charge in [-0.3, -0.25) is 0 Å². The van der Waals surface area contributed by atoms with Gasteiger partial charge in [-0.05, 0) is 102 Å². The molecule has 48 heavy (non-hydrogen) atoms. The molecule has 2 nitrogen and oxygen atoms in total. The fourth-order valence-electron chi connectivity index (χ4n) is 6.24. The maximum absolute atomic E-state index is 5.87. The van der Waals surface area contributed by atoms with Crippen molar-refractivity contribution in [2.45, 2.75) is 53.4 Å². The highest BCUT2D eigenvalue weighted by Crippen LogP contribution is 2.44. The van der Waals surface area contributed by atoms with Crippen LogP contribution in [-0.2, 0) is 11.8 Å². The molecule has 0 aliphatic heterocycles. The zero-order valence-corrected chi connectivity index (χ0v) is 29.5. The van der Waals surface area contributed by atoms with Crippen LogP contribution in [0.3, 0.4) is 0 Å². The van der Waals surface area contributed by atoms with E-state index in [2.05, 4.69) is 125 Å². The SMILES string of the molecule is C=Cc1c(C=C)c(-c2ccc3cc(C\C=C/C(=C\N)C(/C=C\C)=C/N)ccc3c2)c2ccccc2c1-c1ccc(C(C)(C)C)cc1.CC. The van der Waals surface area contributed by atoms with E-state index in [1.165, 1.54) is 49.4 Å². The van der Waals surface area contributed by atoms with Gasteiger partial charge in [-0.25, -0.2) is 0 Å². The Balaban J connectivity index is 0.00000255. The van der Waals surface area contributed by atoms with E-state index in [-0.39, 0.29) is 5.41 Å². The minimum absolute atomic E-state index is 0.0924. The average Bonchev–Trinajstić information content (AvgIpc) is 3.11. The summed E-state index contributed by atoms with van der Waals surface area (Å²) in [6.45, 7) is 21.3. The standard InChI is InChI=1S/C44H44N2.C2H6/c1-7-13-35(28-45)36(29-46)15-12-14-30-18-19-33-27-34(21-20-32(33)26-30)43-39(9-3)38(8-2)42(40-16-10-11-17-41(40)43)31-22-24-37(25-23-31)44(4,5)6;1-2/h7-13,15-29H,2-3,14,45-46H2,1,4-6H3;1-2H3/b13-7-,15-12-,35-28+,36-29+;. The van der Waals surface area contributed by atoms with E-state index in [0.717, 1.165) is 34.3 Å². The van der Waals surface area contributed by atoms with E-state index in [4.69, 9.17) is 11.5 Å². The average molecular weight is 631 g/mol. The quantitative estimate of drug-likeness (QED) is 0.159. The van der Waals surface area contributed by atoms with Gasteiger partial charge >= 0.3 is 0 Å². The first kappa shape index (κ1) is 35.5. The van der Waals surface area contributed by atoms with E-state index in [1.807, 2.05) is 51.2 Å². The van der Waals surface area contributed by atoms with Gasteiger partial charge in [0.2, 0.25) is 0 Å². The second-order valence-corrected chi connectivity index (χ2v) is 12.6. The summed E-state index contributed by atoms with van der Waals surface area (Å²) in [4.78, 5) is 0. The fourth-order valence-corrected chi connectivity index (χ4v) is 6.24. The molecule has 5 rings (SSSR count). The third-order valence-electron chi connectivity index (χ3n) is 8.63. The normalized spacial score (nSPS) is 12.5. The summed E-state index contributed by atoms with van der Waals surface area (Å²) >= 11 is 0. The number of allylic oxidation sites excluding steroid dienone is 6. The summed E-state index contributed by atoms with van der Waals surface area (Å²) in [5, 5.41) is 4.79. The lowest BCUT2D eigenvalue weighted by molar-refractivity contribution is 0.590. The van der Waals surface area contributed by atoms with Gasteiger partial charge in [0.1, 0.15) is 0 Å². The van der Waals surface area contributed by atoms with Gasteiger partial charge in [-0.15, -0.1) is 0 Å². The predicted octanol–water partition coefficient (Wildman–Crippen LogP) is 12.3. The lowest BCUT2D eigenvalue weighted by Crippen LogP contribution is -2.10. The van der Waals surface area contributed by atoms with Crippen LogP contribution in [0.2, 0.25) is 0 Å². The minimum Gasteiger partial charge on any atom is -0.404 e. The number of benzene rings is 5. The van der Waals surface area contributed by atoms with Crippen molar-refractivity contribution in [3.63, 3.8) is 0 Å². The van der Waals surface area contributed by atoms with Crippen molar-refractivity contribution in [1.29, 1.82) is 0 Å². The summed E-state index contributed by atoms with van der Waals surface area (Å²) in [5.41, 5.74) is 23.0. The minimum atomic E-state index is 0.0924. The molecule has 244 valence electrons. The first-order valence-corrected chi connectivity index (χ1v) is 16.8. The molecule has 0 saturated carbocycles. The van der Waals surface area contributed by atoms with Crippen molar-refractivity contribution in [1.82, 2.24) is 0 Å². The van der Waals surface area contributed by atoms with Crippen LogP contribution in [0.15, 0.2) is 146 Å². The molecule has 0 saturated heterocycles. The highest BCUT2D eigenvalue weighted by molar-refractivity contribution is 6.12. The molecule has 0 spiro atoms. The number of rotatable bonds is 9. The van der Waals surface area contributed by atoms with Crippen LogP contribution >= 0.6 is 0 Å². The third kappa shape index (κ3) is 7.45. The second-order valence-electron chi connectivity index (χ2n) is 12.6. The number of hydrogen-bond acceptors (Lipinski definition) is 2. The van der Waals surface area contributed by atoms with Crippen molar-refractivity contribution < 1.29 is 0 Å². The number of nitrogens with two attached hydrogens (primary N) is 2. The first-order valence-electron chi connectivity index (χ1n) is 16.8. The Morgan fingerprint density at radius 2 is 1.19 bits per heavy atom. The van der Waals surface area contributed by atoms with E-state index in [1.54, 1.807) is 12.4 Å². The Hall–Kier alpha value is -5.34. The van der Waals surface area contributed by atoms with Gasteiger partial charge < -0.3 is 11.5 Å². The highest BCUT2D eigenvalue weighted by Gasteiger charge is 2.20. The highest BCUT2D eigenvalue weighted by atomic mass is 14.5. The van der Waals surface area contributed by atoms with Crippen LogP contribution in [0.4, 0.5) is 0 Å². The van der Waals surface area contributed by atoms with Gasteiger partial charge in [0.05, 0.1) is 0 Å². The number of hydrogen-bond donors (Lipinski definition) is 2. The molecule has 0 aliphatic carbocycles. The van der Waals surface area contributed by atoms with Crippen LogP contribution < -0.4 is 11.5 Å². The molecule has 0 unspecified atom stereocenters. The van der Waals surface area contributed by atoms with Crippen LogP contribution in [0.5, 0.6) is 0 Å². The van der Waals surface area contributed by atoms with Crippen LogP contribution in [0, 0.1) is 0 Å². The Morgan fingerprint density at radius 1 is 0.667 bits per heavy atom. The fraction of sp³-hybridized carbons (Fsp3) is 0.174. The Morgan fingerprint density at radius 3 is 1.73 bits per heavy atom. The second kappa shape index (κ2) is 16.0. The Labute approximate surface area is 288 Å². The molecule has 0 fully saturated rings. The molecule has 0 bridgehead atoms. The third-order valence-corrected chi connectivity index (χ3v) is 8.63. The zero-order chi connectivity index (χ0) is 34.8. The summed E-state index contributed by atoms with van der Waals surface area (Å²) in [6, 6.07) is 31.1. The van der Waals surface area contributed by atoms with Crippen LogP contribution in [0.1, 0.15) is 63.8 Å². The first-order chi connectivity index (χ1) is 23.2. The number of fused-ring (bicyclic) bond motifs is 2. The van der Waals surface area contributed by atoms with Gasteiger partial charge in [-0.2, -0.15) is 0 Å². The molecule has 0 aromatic heterocycles. The van der Waals surface area contributed by atoms with Crippen LogP contribution in [0.25, 0.3) is 56.0 Å². The lowest BCUT2D eigenvalue weighted by Gasteiger charge is -2.22. The zero-order valence-electron chi connectivity index (χ0n) is 29.5. The van der Waals surface area contributed by atoms with Crippen molar-refractivity contribution in [3.05, 3.63) is 168 Å². The van der Waals surface area contributed by atoms with Crippen molar-refractivity contribution >= 4 is 33.7 Å². The van der Waals surface area contributed by atoms with E-state index in [0.29, 0.717) is 0 Å². The molecule has 0 heterocycles. The van der Waals surface area contributed by atoms with Gasteiger partial charge in [0.25, 0.3) is 0 Å². The summed E-state index contributed by atoms with van der Waals surface area (Å²) < 4.78 is 0. The Kier molecular flexibility index (Phi) is 11.8. The van der Waals surface area contributed by atoms with Gasteiger partial charge in [-0.1, -0.05) is 163 Å². The van der Waals surface area contributed by atoms with E-state index < -0.39 is 0 Å². The maximum Gasteiger partial charge on any atom is 0.00180 e. The molecule has 5 aromatic rings. The van der Waals surface area contributed by atoms with Crippen LogP contribution in [-0.4, -0.2) is 0 Å². The molecule has 5 aromatic carbocycles. The smallest absolute Gasteiger partial charge is 0.00180 e. The molecule has 0 aliphatic rings. The topological polar surface area (TPSA) is 52.0 Å². The maximum atomic E-state index is 5.87. The van der Waals surface area contributed by atoms with Gasteiger partial charge in [0.15, 0.2) is 0 Å². The summed E-state index contributed by atoms with van der Waals surface area (Å²) in [6.07, 6.45) is 16.0. The summed E-state index contributed by atoms with van der Waals surface area (Å²) in [5.74, 6) is 0. The van der Waals surface area contributed by atoms with Gasteiger partial charge in [0, 0.05) is 12.4 Å². The molecule has 4 N–H and O–H groups in total. The van der Waals surface area contributed by atoms with E-state index >= 15 is 0 Å². The lowest BCUT2D eigenvalue weighted by atomic mass is 9.82. The molecule has 0 radical (unpaired) electrons. The molecule has 0 atom stereocenters. The molecular weight excluding hydrogens is 581 g/mol. The molecule has 2 heteroatoms. The van der Waals surface area contributed by atoms with Crippen molar-refractivity contribution in [2.24, 2.45) is 11.5 Å². The Bertz CT molecular complexity index is 2040. The summed E-state index contributed by atoms with van der Waals surface area (Å²) in [7, 11) is 0. The predicted molar refractivity (Wildman–Crippen MR) is 215 cm³/mol. The van der Waals surface area contributed by atoms with E-state index in [9.17, 15) is 0 Å². The molecular formula is C46H50N2. The van der Waals surface area contributed by atoms with Crippen molar-refractivity contribution in [3.8, 4) is 22.3 Å². The van der Waals surface area contributed by atoms with Crippen molar-refractivity contribution in [2.75, 3.05) is 0 Å².